The second kappa shape index (κ2) is 5.44. The van der Waals surface area contributed by atoms with Gasteiger partial charge in [0, 0.05) is 19.0 Å². The molecule has 0 aliphatic carbocycles. The van der Waals surface area contributed by atoms with Crippen molar-refractivity contribution in [1.29, 1.82) is 0 Å². The summed E-state index contributed by atoms with van der Waals surface area (Å²) in [6, 6.07) is 2.88. The monoisotopic (exact) mass is 253 g/mol. The van der Waals surface area contributed by atoms with E-state index in [4.69, 9.17) is 9.47 Å². The van der Waals surface area contributed by atoms with Crippen molar-refractivity contribution in [3.63, 3.8) is 0 Å². The predicted molar refractivity (Wildman–Crippen MR) is 62.6 cm³/mol. The first-order valence-corrected chi connectivity index (χ1v) is 6.03. The smallest absolute Gasteiger partial charge is 0.343 e. The Hall–Kier alpha value is -1.49. The summed E-state index contributed by atoms with van der Waals surface area (Å²) in [5, 5.41) is 0. The van der Waals surface area contributed by atoms with Crippen LogP contribution in [0.1, 0.15) is 37.0 Å². The number of rotatable bonds is 2. The van der Waals surface area contributed by atoms with Gasteiger partial charge in [0.25, 0.3) is 0 Å². The third-order valence-corrected chi connectivity index (χ3v) is 2.91. The molecule has 5 heteroatoms. The molecule has 2 rings (SSSR count). The van der Waals surface area contributed by atoms with E-state index in [1.165, 1.54) is 18.3 Å². The first-order valence-electron chi connectivity index (χ1n) is 6.03. The van der Waals surface area contributed by atoms with Crippen LogP contribution < -0.4 is 0 Å². The average molecular weight is 253 g/mol. The Morgan fingerprint density at radius 1 is 1.44 bits per heavy atom. The summed E-state index contributed by atoms with van der Waals surface area (Å²) in [5.74, 6) is -1.46. The molecule has 98 valence electrons. The van der Waals surface area contributed by atoms with E-state index in [2.05, 4.69) is 4.98 Å². The molecule has 0 radical (unpaired) electrons. The van der Waals surface area contributed by atoms with Crippen LogP contribution in [0, 0.1) is 5.95 Å². The molecule has 1 aliphatic rings. The van der Waals surface area contributed by atoms with Crippen molar-refractivity contribution in [2.75, 3.05) is 0 Å². The largest absolute Gasteiger partial charge is 0.458 e. The topological polar surface area (TPSA) is 48.4 Å². The van der Waals surface area contributed by atoms with Gasteiger partial charge in [-0.3, -0.25) is 0 Å². The zero-order valence-corrected chi connectivity index (χ0v) is 10.4. The van der Waals surface area contributed by atoms with Crippen LogP contribution in [0.5, 0.6) is 0 Å². The second-order valence-corrected chi connectivity index (χ2v) is 4.60. The Kier molecular flexibility index (Phi) is 3.91. The molecule has 1 aromatic rings. The number of nitrogens with zero attached hydrogens (tertiary/aromatic N) is 1. The maximum Gasteiger partial charge on any atom is 0.343 e. The zero-order valence-electron chi connectivity index (χ0n) is 10.4. The average Bonchev–Trinajstić information content (AvgIpc) is 2.27. The number of ether oxygens (including phenoxy) is 2. The van der Waals surface area contributed by atoms with Gasteiger partial charge in [0.2, 0.25) is 5.95 Å². The molecule has 0 amide bonds. The highest BCUT2D eigenvalue weighted by Crippen LogP contribution is 2.22. The van der Waals surface area contributed by atoms with Crippen LogP contribution in [0.3, 0.4) is 0 Å². The number of halogens is 1. The van der Waals surface area contributed by atoms with E-state index in [9.17, 15) is 9.18 Å². The van der Waals surface area contributed by atoms with Crippen molar-refractivity contribution in [1.82, 2.24) is 4.98 Å². The van der Waals surface area contributed by atoms with Gasteiger partial charge in [0.15, 0.2) is 0 Å². The van der Waals surface area contributed by atoms with Crippen LogP contribution in [-0.4, -0.2) is 29.3 Å². The van der Waals surface area contributed by atoms with Crippen molar-refractivity contribution in [3.8, 4) is 0 Å². The molecule has 18 heavy (non-hydrogen) atoms. The first-order chi connectivity index (χ1) is 8.56. The van der Waals surface area contributed by atoms with Gasteiger partial charge in [-0.2, -0.15) is 4.39 Å². The molecule has 1 aliphatic heterocycles. The molecule has 2 unspecified atom stereocenters. The van der Waals surface area contributed by atoms with Crippen molar-refractivity contribution < 1.29 is 18.7 Å². The quantitative estimate of drug-likeness (QED) is 0.599. The third-order valence-electron chi connectivity index (χ3n) is 2.91. The van der Waals surface area contributed by atoms with Gasteiger partial charge in [-0.15, -0.1) is 0 Å². The molecule has 0 spiro atoms. The van der Waals surface area contributed by atoms with Crippen LogP contribution >= 0.6 is 0 Å². The molecule has 0 N–H and O–H groups in total. The molecule has 1 aromatic heterocycles. The SMILES string of the molecule is CC1CC(OC(=O)c2cccnc2F)CC(C)O1. The number of pyridine rings is 1. The highest BCUT2D eigenvalue weighted by Gasteiger charge is 2.28. The van der Waals surface area contributed by atoms with Crippen LogP contribution in [0.25, 0.3) is 0 Å². The summed E-state index contributed by atoms with van der Waals surface area (Å²) in [6.45, 7) is 3.86. The van der Waals surface area contributed by atoms with E-state index >= 15 is 0 Å². The van der Waals surface area contributed by atoms with Gasteiger partial charge < -0.3 is 9.47 Å². The van der Waals surface area contributed by atoms with E-state index < -0.39 is 11.9 Å². The van der Waals surface area contributed by atoms with E-state index in [-0.39, 0.29) is 23.9 Å². The number of hydrogen-bond donors (Lipinski definition) is 0. The van der Waals surface area contributed by atoms with Crippen LogP contribution in [-0.2, 0) is 9.47 Å². The molecule has 0 saturated carbocycles. The summed E-state index contributed by atoms with van der Waals surface area (Å²) in [7, 11) is 0. The minimum absolute atomic E-state index is 0.0466. The number of aromatic nitrogens is 1. The third kappa shape index (κ3) is 3.04. The van der Waals surface area contributed by atoms with Crippen molar-refractivity contribution >= 4 is 5.97 Å². The lowest BCUT2D eigenvalue weighted by Crippen LogP contribution is -2.35. The standard InChI is InChI=1S/C13H16FNO3/c1-8-6-10(7-9(2)17-8)18-13(16)11-4-3-5-15-12(11)14/h3-5,8-10H,6-7H2,1-2H3. The van der Waals surface area contributed by atoms with Gasteiger partial charge in [-0.25, -0.2) is 9.78 Å². The number of esters is 1. The second-order valence-electron chi connectivity index (χ2n) is 4.60. The fourth-order valence-corrected chi connectivity index (χ4v) is 2.19. The number of hydrogen-bond acceptors (Lipinski definition) is 4. The van der Waals surface area contributed by atoms with Gasteiger partial charge in [-0.05, 0) is 26.0 Å². The van der Waals surface area contributed by atoms with E-state index in [1.807, 2.05) is 13.8 Å². The lowest BCUT2D eigenvalue weighted by atomic mass is 10.0. The van der Waals surface area contributed by atoms with E-state index in [1.54, 1.807) is 0 Å². The van der Waals surface area contributed by atoms with E-state index in [0.29, 0.717) is 12.8 Å². The lowest BCUT2D eigenvalue weighted by Gasteiger charge is -2.31. The summed E-state index contributed by atoms with van der Waals surface area (Å²) < 4.78 is 24.2. The molecule has 1 fully saturated rings. The normalized spacial score (nSPS) is 27.8. The Bertz CT molecular complexity index is 428. The predicted octanol–water partition coefficient (Wildman–Crippen LogP) is 2.33. The minimum atomic E-state index is -0.796. The van der Waals surface area contributed by atoms with Crippen molar-refractivity contribution in [3.05, 3.63) is 29.8 Å². The molecular weight excluding hydrogens is 237 g/mol. The van der Waals surface area contributed by atoms with E-state index in [0.717, 1.165) is 0 Å². The molecule has 0 aromatic carbocycles. The van der Waals surface area contributed by atoms with Gasteiger partial charge in [0.1, 0.15) is 11.7 Å². The summed E-state index contributed by atoms with van der Waals surface area (Å²) in [4.78, 5) is 15.2. The maximum absolute atomic E-state index is 13.3. The molecule has 2 heterocycles. The van der Waals surface area contributed by atoms with Crippen LogP contribution in [0.4, 0.5) is 4.39 Å². The Labute approximate surface area is 105 Å². The highest BCUT2D eigenvalue weighted by atomic mass is 19.1. The molecule has 0 bridgehead atoms. The Balaban J connectivity index is 2.01. The number of carbonyl (C=O) groups excluding carboxylic acids is 1. The fraction of sp³-hybridized carbons (Fsp3) is 0.538. The first kappa shape index (κ1) is 13.0. The maximum atomic E-state index is 13.3. The Morgan fingerprint density at radius 3 is 2.72 bits per heavy atom. The fourth-order valence-electron chi connectivity index (χ4n) is 2.19. The molecule has 4 nitrogen and oxygen atoms in total. The molecule has 1 saturated heterocycles. The molecular formula is C13H16FNO3. The lowest BCUT2D eigenvalue weighted by molar-refractivity contribution is -0.0856. The summed E-state index contributed by atoms with van der Waals surface area (Å²) in [5.41, 5.74) is -0.121. The zero-order chi connectivity index (χ0) is 13.1. The summed E-state index contributed by atoms with van der Waals surface area (Å²) >= 11 is 0. The molecule has 2 atom stereocenters. The van der Waals surface area contributed by atoms with Crippen LogP contribution in [0.2, 0.25) is 0 Å². The Morgan fingerprint density at radius 2 is 2.11 bits per heavy atom. The van der Waals surface area contributed by atoms with Gasteiger partial charge in [0.05, 0.1) is 12.2 Å². The van der Waals surface area contributed by atoms with Gasteiger partial charge >= 0.3 is 5.97 Å². The van der Waals surface area contributed by atoms with Crippen LogP contribution in [0.15, 0.2) is 18.3 Å². The highest BCUT2D eigenvalue weighted by molar-refractivity contribution is 5.89. The van der Waals surface area contributed by atoms with Crippen molar-refractivity contribution in [2.24, 2.45) is 0 Å². The summed E-state index contributed by atoms with van der Waals surface area (Å²) in [6.07, 6.45) is 2.44. The number of carbonyl (C=O) groups is 1. The van der Waals surface area contributed by atoms with Gasteiger partial charge in [-0.1, -0.05) is 0 Å². The minimum Gasteiger partial charge on any atom is -0.458 e. The van der Waals surface area contributed by atoms with Crippen molar-refractivity contribution in [2.45, 2.75) is 45.0 Å².